The van der Waals surface area contributed by atoms with Crippen molar-refractivity contribution in [2.45, 2.75) is 63.3 Å². The van der Waals surface area contributed by atoms with Crippen LogP contribution in [0.3, 0.4) is 0 Å². The predicted octanol–water partition coefficient (Wildman–Crippen LogP) is 3.39. The summed E-state index contributed by atoms with van der Waals surface area (Å²) >= 11 is 0. The molecule has 1 saturated heterocycles. The lowest BCUT2D eigenvalue weighted by Gasteiger charge is -2.45. The minimum atomic E-state index is -5.95. The molecular weight excluding hydrogens is 451 g/mol. The molecule has 3 unspecified atom stereocenters. The number of likely N-dealkylation sites (tertiary alicyclic amines) is 1. The monoisotopic (exact) mass is 477 g/mol. The van der Waals surface area contributed by atoms with Gasteiger partial charge in [-0.2, -0.15) is 21.6 Å². The first-order valence-corrected chi connectivity index (χ1v) is 11.9. The summed E-state index contributed by atoms with van der Waals surface area (Å²) in [7, 11) is -5.95. The van der Waals surface area contributed by atoms with E-state index in [2.05, 4.69) is 4.18 Å². The van der Waals surface area contributed by atoms with Gasteiger partial charge in [-0.3, -0.25) is 8.98 Å². The van der Waals surface area contributed by atoms with Crippen LogP contribution in [0.2, 0.25) is 0 Å². The standard InChI is InChI=1S/C21H26F3NO6S/c1-14(31-32(28,29)21(22,23)24)19(26)25-12-17-10-6-5-9-16(17)11-18(25)20(27)30-13-15-7-3-2-4-8-15/h2-4,7-8,14,16-18H,5-6,9-13H2,1H3/t14-,16?,17?,18?/m1/s1. The molecule has 1 aliphatic carbocycles. The van der Waals surface area contributed by atoms with Gasteiger partial charge in [0.25, 0.3) is 5.91 Å². The van der Waals surface area contributed by atoms with Gasteiger partial charge in [-0.05, 0) is 37.2 Å². The number of amides is 1. The van der Waals surface area contributed by atoms with Gasteiger partial charge in [-0.1, -0.05) is 49.6 Å². The molecule has 0 spiro atoms. The summed E-state index contributed by atoms with van der Waals surface area (Å²) in [6.07, 6.45) is 2.08. The van der Waals surface area contributed by atoms with Crippen molar-refractivity contribution in [2.75, 3.05) is 6.54 Å². The zero-order valence-corrected chi connectivity index (χ0v) is 18.4. The van der Waals surface area contributed by atoms with Crippen LogP contribution in [0.4, 0.5) is 13.2 Å². The van der Waals surface area contributed by atoms with E-state index in [4.69, 9.17) is 4.74 Å². The van der Waals surface area contributed by atoms with Crippen LogP contribution in [0, 0.1) is 11.8 Å². The number of halogens is 3. The van der Waals surface area contributed by atoms with Crippen molar-refractivity contribution in [3.8, 4) is 0 Å². The summed E-state index contributed by atoms with van der Waals surface area (Å²) in [5.41, 5.74) is -4.90. The van der Waals surface area contributed by atoms with E-state index >= 15 is 0 Å². The molecule has 2 fully saturated rings. The minimum Gasteiger partial charge on any atom is -0.459 e. The van der Waals surface area contributed by atoms with Crippen molar-refractivity contribution in [1.82, 2.24) is 4.90 Å². The summed E-state index contributed by atoms with van der Waals surface area (Å²) < 4.78 is 70.2. The van der Waals surface area contributed by atoms with Gasteiger partial charge in [0.1, 0.15) is 12.6 Å². The van der Waals surface area contributed by atoms with Crippen molar-refractivity contribution < 1.29 is 40.1 Å². The van der Waals surface area contributed by atoms with Crippen LogP contribution in [-0.2, 0) is 35.2 Å². The SMILES string of the molecule is C[C@@H](OS(=O)(=O)C(F)(F)F)C(=O)N1CC2CCCCC2CC1C(=O)OCc1ccccc1. The van der Waals surface area contributed by atoms with Crippen molar-refractivity contribution in [3.63, 3.8) is 0 Å². The van der Waals surface area contributed by atoms with Crippen LogP contribution < -0.4 is 0 Å². The Morgan fingerprint density at radius 2 is 1.75 bits per heavy atom. The number of fused-ring (bicyclic) bond motifs is 1. The number of hydrogen-bond acceptors (Lipinski definition) is 6. The number of alkyl halides is 3. The van der Waals surface area contributed by atoms with E-state index in [0.717, 1.165) is 43.1 Å². The normalized spacial score (nSPS) is 25.0. The van der Waals surface area contributed by atoms with Crippen LogP contribution in [0.5, 0.6) is 0 Å². The number of piperidine rings is 1. The third kappa shape index (κ3) is 5.61. The smallest absolute Gasteiger partial charge is 0.459 e. The predicted molar refractivity (Wildman–Crippen MR) is 107 cm³/mol. The molecule has 0 bridgehead atoms. The Bertz CT molecular complexity index is 921. The summed E-state index contributed by atoms with van der Waals surface area (Å²) in [4.78, 5) is 26.9. The molecular formula is C21H26F3NO6S. The number of carbonyl (C=O) groups is 2. The van der Waals surface area contributed by atoms with Crippen LogP contribution >= 0.6 is 0 Å². The maximum Gasteiger partial charge on any atom is 0.523 e. The second-order valence-electron chi connectivity index (χ2n) is 8.28. The van der Waals surface area contributed by atoms with E-state index in [0.29, 0.717) is 6.42 Å². The second kappa shape index (κ2) is 9.78. The molecule has 3 rings (SSSR count). The quantitative estimate of drug-likeness (QED) is 0.355. The van der Waals surface area contributed by atoms with Crippen LogP contribution in [-0.4, -0.2) is 49.4 Å². The highest BCUT2D eigenvalue weighted by molar-refractivity contribution is 7.87. The molecule has 1 amide bonds. The van der Waals surface area contributed by atoms with Crippen molar-refractivity contribution in [1.29, 1.82) is 0 Å². The highest BCUT2D eigenvalue weighted by atomic mass is 32.2. The maximum absolute atomic E-state index is 12.9. The summed E-state index contributed by atoms with van der Waals surface area (Å²) in [6.45, 7) is 1.07. The second-order valence-corrected chi connectivity index (χ2v) is 9.84. The van der Waals surface area contributed by atoms with Crippen molar-refractivity contribution >= 4 is 22.0 Å². The van der Waals surface area contributed by atoms with Gasteiger partial charge in [-0.25, -0.2) is 4.79 Å². The third-order valence-corrected chi connectivity index (χ3v) is 7.19. The van der Waals surface area contributed by atoms with Gasteiger partial charge in [0.2, 0.25) is 0 Å². The fourth-order valence-electron chi connectivity index (χ4n) is 4.44. The number of nitrogens with zero attached hydrogens (tertiary/aromatic N) is 1. The molecule has 11 heteroatoms. The van der Waals surface area contributed by atoms with E-state index in [1.54, 1.807) is 24.3 Å². The van der Waals surface area contributed by atoms with Crippen molar-refractivity contribution in [3.05, 3.63) is 35.9 Å². The molecule has 7 nitrogen and oxygen atoms in total. The van der Waals surface area contributed by atoms with Crippen molar-refractivity contribution in [2.24, 2.45) is 11.8 Å². The number of hydrogen-bond donors (Lipinski definition) is 0. The maximum atomic E-state index is 12.9. The molecule has 0 N–H and O–H groups in total. The number of carbonyl (C=O) groups excluding carboxylic acids is 2. The molecule has 2 aliphatic rings. The zero-order chi connectivity index (χ0) is 23.5. The number of benzene rings is 1. The van der Waals surface area contributed by atoms with Crippen LogP contribution in [0.1, 0.15) is 44.6 Å². The number of ether oxygens (including phenoxy) is 1. The van der Waals surface area contributed by atoms with Crippen LogP contribution in [0.15, 0.2) is 30.3 Å². The molecule has 1 aromatic rings. The molecule has 0 radical (unpaired) electrons. The van der Waals surface area contributed by atoms with Gasteiger partial charge >= 0.3 is 21.6 Å². The average Bonchev–Trinajstić information content (AvgIpc) is 2.75. The van der Waals surface area contributed by atoms with E-state index in [-0.39, 0.29) is 25.0 Å². The van der Waals surface area contributed by atoms with Crippen LogP contribution in [0.25, 0.3) is 0 Å². The fraction of sp³-hybridized carbons (Fsp3) is 0.619. The molecule has 178 valence electrons. The van der Waals surface area contributed by atoms with E-state index in [9.17, 15) is 31.2 Å². The minimum absolute atomic E-state index is 0.0131. The van der Waals surface area contributed by atoms with E-state index < -0.39 is 39.6 Å². The highest BCUT2D eigenvalue weighted by Gasteiger charge is 2.50. The Balaban J connectivity index is 1.76. The first-order chi connectivity index (χ1) is 15.0. The fourth-order valence-corrected chi connectivity index (χ4v) is 5.01. The number of esters is 1. The average molecular weight is 478 g/mol. The molecule has 32 heavy (non-hydrogen) atoms. The summed E-state index contributed by atoms with van der Waals surface area (Å²) in [5.74, 6) is -1.37. The zero-order valence-electron chi connectivity index (χ0n) is 17.6. The molecule has 1 aliphatic heterocycles. The van der Waals surface area contributed by atoms with Gasteiger partial charge in [0.05, 0.1) is 0 Å². The Morgan fingerprint density at radius 1 is 1.12 bits per heavy atom. The largest absolute Gasteiger partial charge is 0.523 e. The first kappa shape index (κ1) is 24.5. The lowest BCUT2D eigenvalue weighted by molar-refractivity contribution is -0.164. The van der Waals surface area contributed by atoms with E-state index in [1.807, 2.05) is 6.07 Å². The topological polar surface area (TPSA) is 90.0 Å². The Morgan fingerprint density at radius 3 is 2.38 bits per heavy atom. The third-order valence-electron chi connectivity index (χ3n) is 6.08. The Hall–Kier alpha value is -2.14. The molecule has 1 heterocycles. The van der Waals surface area contributed by atoms with E-state index in [1.165, 1.54) is 0 Å². The lowest BCUT2D eigenvalue weighted by Crippen LogP contribution is -2.57. The van der Waals surface area contributed by atoms with Gasteiger partial charge in [0.15, 0.2) is 6.10 Å². The molecule has 1 aromatic carbocycles. The molecule has 0 aromatic heterocycles. The Kier molecular flexibility index (Phi) is 7.49. The summed E-state index contributed by atoms with van der Waals surface area (Å²) in [6, 6.07) is 7.91. The summed E-state index contributed by atoms with van der Waals surface area (Å²) in [5, 5.41) is 0. The highest BCUT2D eigenvalue weighted by Crippen LogP contribution is 2.39. The lowest BCUT2D eigenvalue weighted by atomic mass is 9.73. The molecule has 4 atom stereocenters. The van der Waals surface area contributed by atoms with Gasteiger partial charge in [-0.15, -0.1) is 0 Å². The number of rotatable bonds is 6. The Labute approximate surface area is 185 Å². The van der Waals surface area contributed by atoms with Gasteiger partial charge in [0, 0.05) is 6.54 Å². The first-order valence-electron chi connectivity index (χ1n) is 10.5. The van der Waals surface area contributed by atoms with Gasteiger partial charge < -0.3 is 9.64 Å². The molecule has 1 saturated carbocycles.